The second-order valence-corrected chi connectivity index (χ2v) is 7.18. The van der Waals surface area contributed by atoms with Gasteiger partial charge in [-0.3, -0.25) is 4.72 Å². The maximum absolute atomic E-state index is 12.9. The van der Waals surface area contributed by atoms with E-state index in [1.165, 1.54) is 30.3 Å². The Morgan fingerprint density at radius 2 is 1.77 bits per heavy atom. The van der Waals surface area contributed by atoms with Crippen LogP contribution >= 0.6 is 0 Å². The van der Waals surface area contributed by atoms with Crippen LogP contribution in [0.4, 0.5) is 5.69 Å². The first-order valence-corrected chi connectivity index (χ1v) is 9.41. The van der Waals surface area contributed by atoms with E-state index in [1.807, 2.05) is 13.0 Å². The Morgan fingerprint density at radius 3 is 2.46 bits per heavy atom. The molecule has 26 heavy (non-hydrogen) atoms. The molecule has 134 valence electrons. The number of sulfonamides is 1. The highest BCUT2D eigenvalue weighted by Gasteiger charge is 2.19. The summed E-state index contributed by atoms with van der Waals surface area (Å²) >= 11 is 0. The lowest BCUT2D eigenvalue weighted by Gasteiger charge is -2.13. The molecule has 7 heteroatoms. The fourth-order valence-electron chi connectivity index (χ4n) is 2.69. The van der Waals surface area contributed by atoms with Crippen molar-refractivity contribution in [3.8, 4) is 5.75 Å². The van der Waals surface area contributed by atoms with Crippen LogP contribution in [0.25, 0.3) is 10.8 Å². The molecule has 0 amide bonds. The van der Waals surface area contributed by atoms with Crippen LogP contribution in [0.2, 0.25) is 0 Å². The molecule has 0 aliphatic rings. The summed E-state index contributed by atoms with van der Waals surface area (Å²) in [5.41, 5.74) is 0.185. The Kier molecular flexibility index (Phi) is 4.81. The molecule has 3 aromatic carbocycles. The molecule has 0 atom stereocenters. The number of nitrogens with one attached hydrogen (secondary N) is 1. The summed E-state index contributed by atoms with van der Waals surface area (Å²) in [6, 6.07) is 15.8. The van der Waals surface area contributed by atoms with E-state index in [9.17, 15) is 13.2 Å². The predicted molar refractivity (Wildman–Crippen MR) is 99.3 cm³/mol. The smallest absolute Gasteiger partial charge is 0.335 e. The van der Waals surface area contributed by atoms with Gasteiger partial charge in [-0.1, -0.05) is 30.3 Å². The second-order valence-electron chi connectivity index (χ2n) is 5.53. The van der Waals surface area contributed by atoms with Gasteiger partial charge in [-0.2, -0.15) is 0 Å². The molecule has 0 saturated heterocycles. The minimum absolute atomic E-state index is 0.00162. The van der Waals surface area contributed by atoms with Crippen molar-refractivity contribution in [1.29, 1.82) is 0 Å². The number of ether oxygens (including phenoxy) is 1. The lowest BCUT2D eigenvalue weighted by atomic mass is 10.1. The van der Waals surface area contributed by atoms with Crippen molar-refractivity contribution in [3.63, 3.8) is 0 Å². The van der Waals surface area contributed by atoms with Gasteiger partial charge >= 0.3 is 5.97 Å². The molecular weight excluding hydrogens is 354 g/mol. The molecule has 0 aromatic heterocycles. The van der Waals surface area contributed by atoms with Crippen LogP contribution in [-0.2, 0) is 10.0 Å². The SMILES string of the molecule is CCOc1ccc(S(=O)(=O)Nc2cccc(C(=O)O)c2)c2ccccc12. The van der Waals surface area contributed by atoms with E-state index in [1.54, 1.807) is 24.3 Å². The lowest BCUT2D eigenvalue weighted by molar-refractivity contribution is 0.0697. The first kappa shape index (κ1) is 17.8. The predicted octanol–water partition coefficient (Wildman–Crippen LogP) is 3.74. The number of fused-ring (bicyclic) bond motifs is 1. The minimum Gasteiger partial charge on any atom is -0.493 e. The molecule has 0 saturated carbocycles. The highest BCUT2D eigenvalue weighted by Crippen LogP contribution is 2.32. The van der Waals surface area contributed by atoms with Gasteiger partial charge in [0, 0.05) is 16.5 Å². The highest BCUT2D eigenvalue weighted by molar-refractivity contribution is 7.93. The number of rotatable bonds is 6. The molecule has 3 rings (SSSR count). The van der Waals surface area contributed by atoms with Gasteiger partial charge in [0.1, 0.15) is 5.75 Å². The quantitative estimate of drug-likeness (QED) is 0.689. The summed E-state index contributed by atoms with van der Waals surface area (Å²) in [4.78, 5) is 11.2. The number of anilines is 1. The van der Waals surface area contributed by atoms with Crippen molar-refractivity contribution in [2.24, 2.45) is 0 Å². The van der Waals surface area contributed by atoms with Gasteiger partial charge in [0.15, 0.2) is 0 Å². The standard InChI is InChI=1S/C19H17NO5S/c1-2-25-17-10-11-18(16-9-4-3-8-15(16)17)26(23,24)20-14-7-5-6-13(12-14)19(21)22/h3-12,20H,2H2,1H3,(H,21,22). The Hall–Kier alpha value is -3.06. The number of hydrogen-bond acceptors (Lipinski definition) is 4. The number of carbonyl (C=O) groups is 1. The number of carboxylic acids is 1. The lowest BCUT2D eigenvalue weighted by Crippen LogP contribution is -2.14. The van der Waals surface area contributed by atoms with Gasteiger partial charge in [0.25, 0.3) is 10.0 Å². The van der Waals surface area contributed by atoms with Gasteiger partial charge in [-0.05, 0) is 37.3 Å². The van der Waals surface area contributed by atoms with Crippen molar-refractivity contribution in [1.82, 2.24) is 0 Å². The Bertz CT molecular complexity index is 1080. The van der Waals surface area contributed by atoms with Crippen LogP contribution < -0.4 is 9.46 Å². The van der Waals surface area contributed by atoms with Gasteiger partial charge in [0.2, 0.25) is 0 Å². The van der Waals surface area contributed by atoms with Crippen molar-refractivity contribution in [2.75, 3.05) is 11.3 Å². The molecule has 0 fully saturated rings. The van der Waals surface area contributed by atoms with Crippen molar-refractivity contribution in [3.05, 3.63) is 66.2 Å². The van der Waals surface area contributed by atoms with E-state index < -0.39 is 16.0 Å². The van der Waals surface area contributed by atoms with E-state index in [-0.39, 0.29) is 16.1 Å². The normalized spacial score (nSPS) is 11.3. The molecule has 0 radical (unpaired) electrons. The maximum atomic E-state index is 12.9. The fourth-order valence-corrected chi connectivity index (χ4v) is 3.95. The summed E-state index contributed by atoms with van der Waals surface area (Å²) in [5.74, 6) is -0.521. The maximum Gasteiger partial charge on any atom is 0.335 e. The fraction of sp³-hybridized carbons (Fsp3) is 0.105. The van der Waals surface area contributed by atoms with Crippen LogP contribution in [0.3, 0.4) is 0 Å². The van der Waals surface area contributed by atoms with Gasteiger partial charge in [0.05, 0.1) is 17.1 Å². The molecule has 0 aliphatic carbocycles. The molecule has 0 spiro atoms. The summed E-state index contributed by atoms with van der Waals surface area (Å²) in [6.45, 7) is 2.33. The number of carboxylic acid groups (broad SMARTS) is 1. The van der Waals surface area contributed by atoms with Gasteiger partial charge in [-0.25, -0.2) is 13.2 Å². The molecule has 0 bridgehead atoms. The van der Waals surface area contributed by atoms with Crippen LogP contribution in [0.15, 0.2) is 65.6 Å². The number of aromatic carboxylic acids is 1. The van der Waals surface area contributed by atoms with Gasteiger partial charge in [-0.15, -0.1) is 0 Å². The van der Waals surface area contributed by atoms with Crippen LogP contribution in [0.5, 0.6) is 5.75 Å². The van der Waals surface area contributed by atoms with Crippen LogP contribution in [0.1, 0.15) is 17.3 Å². The zero-order valence-electron chi connectivity index (χ0n) is 14.0. The molecule has 6 nitrogen and oxygen atoms in total. The van der Waals surface area contributed by atoms with E-state index in [4.69, 9.17) is 9.84 Å². The zero-order valence-corrected chi connectivity index (χ0v) is 14.8. The first-order chi connectivity index (χ1) is 12.4. The molecule has 0 heterocycles. The van der Waals surface area contributed by atoms with E-state index in [0.29, 0.717) is 23.1 Å². The van der Waals surface area contributed by atoms with Crippen molar-refractivity contribution >= 4 is 32.5 Å². The Balaban J connectivity index is 2.06. The molecular formula is C19H17NO5S. The number of hydrogen-bond donors (Lipinski definition) is 2. The van der Waals surface area contributed by atoms with Crippen molar-refractivity contribution < 1.29 is 23.1 Å². The zero-order chi connectivity index (χ0) is 18.7. The highest BCUT2D eigenvalue weighted by atomic mass is 32.2. The topological polar surface area (TPSA) is 92.7 Å². The third-order valence-electron chi connectivity index (χ3n) is 3.80. The molecule has 3 aromatic rings. The average Bonchev–Trinajstić information content (AvgIpc) is 2.62. The average molecular weight is 371 g/mol. The monoisotopic (exact) mass is 371 g/mol. The summed E-state index contributed by atoms with van der Waals surface area (Å²) < 4.78 is 33.7. The number of benzene rings is 3. The molecule has 0 aliphatic heterocycles. The summed E-state index contributed by atoms with van der Waals surface area (Å²) in [6.07, 6.45) is 0. The molecule has 2 N–H and O–H groups in total. The van der Waals surface area contributed by atoms with E-state index in [2.05, 4.69) is 4.72 Å². The Morgan fingerprint density at radius 1 is 1.04 bits per heavy atom. The van der Waals surface area contributed by atoms with Crippen molar-refractivity contribution in [2.45, 2.75) is 11.8 Å². The minimum atomic E-state index is -3.91. The molecule has 0 unspecified atom stereocenters. The first-order valence-electron chi connectivity index (χ1n) is 7.93. The Labute approximate surface area is 151 Å². The summed E-state index contributed by atoms with van der Waals surface area (Å²) in [7, 11) is -3.91. The second kappa shape index (κ2) is 7.05. The van der Waals surface area contributed by atoms with Crippen LogP contribution in [0, 0.1) is 0 Å². The van der Waals surface area contributed by atoms with E-state index in [0.717, 1.165) is 0 Å². The van der Waals surface area contributed by atoms with Crippen LogP contribution in [-0.4, -0.2) is 26.1 Å². The van der Waals surface area contributed by atoms with Gasteiger partial charge < -0.3 is 9.84 Å². The third-order valence-corrected chi connectivity index (χ3v) is 5.23. The largest absolute Gasteiger partial charge is 0.493 e. The summed E-state index contributed by atoms with van der Waals surface area (Å²) in [5, 5.41) is 10.3. The van der Waals surface area contributed by atoms with E-state index >= 15 is 0 Å². The third kappa shape index (κ3) is 3.48.